The van der Waals surface area contributed by atoms with Crippen LogP contribution in [0.4, 0.5) is 0 Å². The second-order valence-electron chi connectivity index (χ2n) is 7.55. The van der Waals surface area contributed by atoms with Crippen molar-refractivity contribution in [1.29, 1.82) is 0 Å². The Morgan fingerprint density at radius 1 is 1.10 bits per heavy atom. The molecular weight excluding hydrogens is 400 g/mol. The Morgan fingerprint density at radius 3 is 2.53 bits per heavy atom. The molecule has 0 saturated carbocycles. The van der Waals surface area contributed by atoms with Gasteiger partial charge in [0.05, 0.1) is 32.3 Å². The highest BCUT2D eigenvalue weighted by molar-refractivity contribution is 6.32. The van der Waals surface area contributed by atoms with Crippen molar-refractivity contribution in [3.8, 4) is 11.5 Å². The number of nitrogens with one attached hydrogen (secondary N) is 2. The van der Waals surface area contributed by atoms with Crippen LogP contribution in [0.25, 0.3) is 6.08 Å². The fourth-order valence-corrected chi connectivity index (χ4v) is 4.14. The number of carbonyl (C=O) groups is 1. The standard InChI is InChI=1S/C24H29ClN2O3/c1-29-22-15-18(14-21(25)24(22)30-2)10-11-23(28)26-16-19-8-4-5-9-20(19)17-27-12-6-3-7-13-27/h4-5,8-11,14-15H,3,6-7,12-13,16-17H2,1-2H3,(H,26,28)/p+1/b11-10+. The average Bonchev–Trinajstić information content (AvgIpc) is 2.77. The molecule has 0 unspecified atom stereocenters. The Morgan fingerprint density at radius 2 is 1.83 bits per heavy atom. The molecule has 1 amide bonds. The van der Waals surface area contributed by atoms with E-state index in [4.69, 9.17) is 21.1 Å². The number of benzene rings is 2. The summed E-state index contributed by atoms with van der Waals surface area (Å²) in [7, 11) is 3.09. The van der Waals surface area contributed by atoms with Crippen LogP contribution in [-0.4, -0.2) is 33.2 Å². The first-order valence-corrected chi connectivity index (χ1v) is 10.8. The molecule has 3 rings (SSSR count). The molecule has 0 aromatic heterocycles. The lowest BCUT2D eigenvalue weighted by Crippen LogP contribution is -3.11. The van der Waals surface area contributed by atoms with Gasteiger partial charge in [-0.05, 0) is 48.6 Å². The summed E-state index contributed by atoms with van der Waals surface area (Å²) in [4.78, 5) is 14.0. The molecule has 1 heterocycles. The molecule has 1 saturated heterocycles. The van der Waals surface area contributed by atoms with Gasteiger partial charge in [-0.2, -0.15) is 0 Å². The van der Waals surface area contributed by atoms with E-state index < -0.39 is 0 Å². The maximum atomic E-state index is 12.4. The number of hydrogen-bond acceptors (Lipinski definition) is 3. The van der Waals surface area contributed by atoms with Crippen LogP contribution in [0.5, 0.6) is 11.5 Å². The molecule has 6 heteroatoms. The number of rotatable bonds is 8. The Hall–Kier alpha value is -2.50. The van der Waals surface area contributed by atoms with Gasteiger partial charge in [0.15, 0.2) is 11.5 Å². The molecule has 1 aliphatic heterocycles. The van der Waals surface area contributed by atoms with Gasteiger partial charge < -0.3 is 19.7 Å². The van der Waals surface area contributed by atoms with E-state index in [1.165, 1.54) is 56.7 Å². The predicted molar refractivity (Wildman–Crippen MR) is 120 cm³/mol. The van der Waals surface area contributed by atoms with Crippen molar-refractivity contribution in [2.24, 2.45) is 0 Å². The minimum Gasteiger partial charge on any atom is -0.493 e. The number of ether oxygens (including phenoxy) is 2. The van der Waals surface area contributed by atoms with Gasteiger partial charge in [0.2, 0.25) is 5.91 Å². The molecule has 1 aliphatic rings. The summed E-state index contributed by atoms with van der Waals surface area (Å²) in [5.74, 6) is 0.855. The summed E-state index contributed by atoms with van der Waals surface area (Å²) in [6, 6.07) is 11.9. The third-order valence-corrected chi connectivity index (χ3v) is 5.74. The van der Waals surface area contributed by atoms with Crippen molar-refractivity contribution in [2.45, 2.75) is 32.4 Å². The van der Waals surface area contributed by atoms with Crippen LogP contribution in [0.1, 0.15) is 36.0 Å². The summed E-state index contributed by atoms with van der Waals surface area (Å²) in [6.07, 6.45) is 7.18. The fraction of sp³-hybridized carbons (Fsp3) is 0.375. The Bertz CT molecular complexity index is 892. The highest BCUT2D eigenvalue weighted by Gasteiger charge is 2.15. The van der Waals surface area contributed by atoms with Crippen LogP contribution in [0.15, 0.2) is 42.5 Å². The molecule has 0 atom stereocenters. The maximum absolute atomic E-state index is 12.4. The molecule has 1 fully saturated rings. The highest BCUT2D eigenvalue weighted by atomic mass is 35.5. The van der Waals surface area contributed by atoms with Gasteiger partial charge in [-0.25, -0.2) is 0 Å². The first kappa shape index (κ1) is 22.2. The van der Waals surface area contributed by atoms with Gasteiger partial charge in [0.1, 0.15) is 6.54 Å². The molecule has 0 bridgehead atoms. The summed E-state index contributed by atoms with van der Waals surface area (Å²) >= 11 is 6.23. The van der Waals surface area contributed by atoms with Crippen LogP contribution in [0.2, 0.25) is 5.02 Å². The van der Waals surface area contributed by atoms with Gasteiger partial charge in [-0.15, -0.1) is 0 Å². The summed E-state index contributed by atoms with van der Waals surface area (Å²) in [5, 5.41) is 3.42. The van der Waals surface area contributed by atoms with Crippen LogP contribution in [0.3, 0.4) is 0 Å². The van der Waals surface area contributed by atoms with E-state index in [2.05, 4.69) is 23.5 Å². The van der Waals surface area contributed by atoms with Crippen LogP contribution < -0.4 is 19.7 Å². The molecule has 2 aromatic rings. The number of carbonyl (C=O) groups excluding carboxylic acids is 1. The molecule has 30 heavy (non-hydrogen) atoms. The predicted octanol–water partition coefficient (Wildman–Crippen LogP) is 3.26. The molecule has 2 N–H and O–H groups in total. The molecule has 0 spiro atoms. The van der Waals surface area contributed by atoms with Crippen LogP contribution in [0, 0.1) is 0 Å². The lowest BCUT2D eigenvalue weighted by Gasteiger charge is -2.24. The van der Waals surface area contributed by atoms with Crippen molar-refractivity contribution >= 4 is 23.6 Å². The smallest absolute Gasteiger partial charge is 0.244 e. The van der Waals surface area contributed by atoms with E-state index in [-0.39, 0.29) is 5.91 Å². The molecule has 2 aromatic carbocycles. The zero-order valence-electron chi connectivity index (χ0n) is 17.7. The van der Waals surface area contributed by atoms with E-state index >= 15 is 0 Å². The fourth-order valence-electron chi connectivity index (χ4n) is 3.85. The minimum absolute atomic E-state index is 0.152. The number of piperidine rings is 1. The molecule has 0 radical (unpaired) electrons. The molecular formula is C24H30ClN2O3+. The monoisotopic (exact) mass is 429 g/mol. The van der Waals surface area contributed by atoms with Crippen molar-refractivity contribution in [1.82, 2.24) is 5.32 Å². The van der Waals surface area contributed by atoms with Crippen LogP contribution >= 0.6 is 11.6 Å². The number of amides is 1. The average molecular weight is 430 g/mol. The van der Waals surface area contributed by atoms with Gasteiger partial charge in [-0.1, -0.05) is 35.9 Å². The van der Waals surface area contributed by atoms with Crippen molar-refractivity contribution in [3.05, 3.63) is 64.2 Å². The molecule has 0 aliphatic carbocycles. The third-order valence-electron chi connectivity index (χ3n) is 5.46. The SMILES string of the molecule is COc1cc(/C=C/C(=O)NCc2ccccc2C[NH+]2CCCCC2)cc(Cl)c1OC. The number of hydrogen-bond donors (Lipinski definition) is 2. The van der Waals surface area contributed by atoms with Gasteiger partial charge >= 0.3 is 0 Å². The Labute approximate surface area is 183 Å². The Kier molecular flexibility index (Phi) is 8.17. The lowest BCUT2D eigenvalue weighted by atomic mass is 10.0. The van der Waals surface area contributed by atoms with E-state index in [0.717, 1.165) is 12.1 Å². The summed E-state index contributed by atoms with van der Waals surface area (Å²) < 4.78 is 10.5. The van der Waals surface area contributed by atoms with E-state index in [1.807, 2.05) is 6.07 Å². The van der Waals surface area contributed by atoms with Crippen molar-refractivity contribution in [2.75, 3.05) is 27.3 Å². The second kappa shape index (κ2) is 11.0. The lowest BCUT2D eigenvalue weighted by molar-refractivity contribution is -0.918. The first-order chi connectivity index (χ1) is 14.6. The van der Waals surface area contributed by atoms with E-state index in [0.29, 0.717) is 23.1 Å². The summed E-state index contributed by atoms with van der Waals surface area (Å²) in [5.41, 5.74) is 3.25. The number of likely N-dealkylation sites (tertiary alicyclic amines) is 1. The van der Waals surface area contributed by atoms with E-state index in [1.54, 1.807) is 30.2 Å². The van der Waals surface area contributed by atoms with Gasteiger partial charge in [0, 0.05) is 18.2 Å². The molecule has 160 valence electrons. The zero-order valence-corrected chi connectivity index (χ0v) is 18.4. The second-order valence-corrected chi connectivity index (χ2v) is 7.95. The summed E-state index contributed by atoms with van der Waals surface area (Å²) in [6.45, 7) is 4.00. The maximum Gasteiger partial charge on any atom is 0.244 e. The highest BCUT2D eigenvalue weighted by Crippen LogP contribution is 2.36. The van der Waals surface area contributed by atoms with Gasteiger partial charge in [0.25, 0.3) is 0 Å². The quantitative estimate of drug-likeness (QED) is 0.633. The van der Waals surface area contributed by atoms with Gasteiger partial charge in [-0.3, -0.25) is 4.79 Å². The first-order valence-electron chi connectivity index (χ1n) is 10.4. The number of quaternary nitrogens is 1. The third kappa shape index (κ3) is 6.00. The molecule has 5 nitrogen and oxygen atoms in total. The Balaban J connectivity index is 1.60. The minimum atomic E-state index is -0.152. The number of methoxy groups -OCH3 is 2. The normalized spacial score (nSPS) is 14.6. The largest absolute Gasteiger partial charge is 0.493 e. The van der Waals surface area contributed by atoms with Crippen LogP contribution in [-0.2, 0) is 17.9 Å². The van der Waals surface area contributed by atoms with Crippen molar-refractivity contribution in [3.63, 3.8) is 0 Å². The zero-order chi connectivity index (χ0) is 21.3. The van der Waals surface area contributed by atoms with E-state index in [9.17, 15) is 4.79 Å². The number of halogens is 1. The van der Waals surface area contributed by atoms with Crippen molar-refractivity contribution < 1.29 is 19.2 Å². The topological polar surface area (TPSA) is 52.0 Å².